The molecule has 0 radical (unpaired) electrons. The quantitative estimate of drug-likeness (QED) is 0.801. The first kappa shape index (κ1) is 14.7. The molecule has 1 aromatic rings. The third kappa shape index (κ3) is 3.54. The summed E-state index contributed by atoms with van der Waals surface area (Å²) in [4.78, 5) is 34.3. The summed E-state index contributed by atoms with van der Waals surface area (Å²) in [7, 11) is 1.15. The maximum Gasteiger partial charge on any atom is 0.338 e. The van der Waals surface area contributed by atoms with E-state index < -0.39 is 11.9 Å². The summed E-state index contributed by atoms with van der Waals surface area (Å²) in [6, 6.07) is 3.72. The molecule has 0 spiro atoms. The van der Waals surface area contributed by atoms with Crippen molar-refractivity contribution < 1.29 is 24.2 Å². The average Bonchev–Trinajstić information content (AvgIpc) is 2.36. The van der Waals surface area contributed by atoms with Gasteiger partial charge in [0.1, 0.15) is 0 Å². The zero-order valence-corrected chi connectivity index (χ0v) is 10.9. The fourth-order valence-electron chi connectivity index (χ4n) is 1.50. The fraction of sp³-hybridized carbons (Fsp3) is 0.308. The summed E-state index contributed by atoms with van der Waals surface area (Å²) in [5, 5.41) is 11.6. The number of carboxylic acid groups (broad SMARTS) is 1. The number of aromatic carboxylic acids is 1. The van der Waals surface area contributed by atoms with Gasteiger partial charge in [0.05, 0.1) is 18.2 Å². The van der Waals surface area contributed by atoms with Gasteiger partial charge in [-0.15, -0.1) is 0 Å². The van der Waals surface area contributed by atoms with E-state index in [0.717, 1.165) is 7.11 Å². The minimum Gasteiger partial charge on any atom is -0.478 e. The minimum atomic E-state index is -1.25. The number of esters is 1. The molecule has 102 valence electrons. The van der Waals surface area contributed by atoms with Crippen molar-refractivity contribution in [1.29, 1.82) is 0 Å². The highest BCUT2D eigenvalue weighted by molar-refractivity contribution is 6.05. The Kier molecular flexibility index (Phi) is 4.63. The van der Waals surface area contributed by atoms with Crippen molar-refractivity contribution in [3.63, 3.8) is 0 Å². The van der Waals surface area contributed by atoms with Crippen molar-refractivity contribution in [1.82, 2.24) is 5.32 Å². The van der Waals surface area contributed by atoms with Crippen LogP contribution in [0.2, 0.25) is 0 Å². The second-order valence-electron chi connectivity index (χ2n) is 4.19. The molecule has 2 N–H and O–H groups in total. The Balaban J connectivity index is 3.22. The second kappa shape index (κ2) is 5.99. The van der Waals surface area contributed by atoms with Crippen molar-refractivity contribution in [2.45, 2.75) is 19.9 Å². The van der Waals surface area contributed by atoms with Gasteiger partial charge in [-0.2, -0.15) is 0 Å². The van der Waals surface area contributed by atoms with E-state index in [0.29, 0.717) is 0 Å². The standard InChI is InChI=1S/C13H15NO5/c1-7(2)14-11(15)8-4-5-9(12(16)17)10(6-8)13(18)19-3/h4-7H,1-3H3,(H,14,15)(H,16,17). The van der Waals surface area contributed by atoms with E-state index in [1.165, 1.54) is 18.2 Å². The highest BCUT2D eigenvalue weighted by atomic mass is 16.5. The van der Waals surface area contributed by atoms with Crippen LogP contribution >= 0.6 is 0 Å². The molecule has 6 heteroatoms. The molecule has 6 nitrogen and oxygen atoms in total. The van der Waals surface area contributed by atoms with Crippen LogP contribution in [-0.4, -0.2) is 36.1 Å². The molecule has 0 aliphatic heterocycles. The smallest absolute Gasteiger partial charge is 0.338 e. The molecular weight excluding hydrogens is 250 g/mol. The lowest BCUT2D eigenvalue weighted by Crippen LogP contribution is -2.30. The molecule has 0 aliphatic carbocycles. The summed E-state index contributed by atoms with van der Waals surface area (Å²) in [6.07, 6.45) is 0. The Bertz CT molecular complexity index is 522. The topological polar surface area (TPSA) is 92.7 Å². The maximum absolute atomic E-state index is 11.8. The molecule has 0 atom stereocenters. The van der Waals surface area contributed by atoms with Crippen molar-refractivity contribution >= 4 is 17.8 Å². The zero-order valence-electron chi connectivity index (χ0n) is 10.9. The summed E-state index contributed by atoms with van der Waals surface area (Å²) >= 11 is 0. The normalized spacial score (nSPS) is 10.1. The molecule has 0 unspecified atom stereocenters. The predicted octanol–water partition coefficient (Wildman–Crippen LogP) is 1.31. The van der Waals surface area contributed by atoms with E-state index in [-0.39, 0.29) is 28.6 Å². The number of hydrogen-bond acceptors (Lipinski definition) is 4. The van der Waals surface area contributed by atoms with Crippen LogP contribution in [0.4, 0.5) is 0 Å². The summed E-state index contributed by atoms with van der Waals surface area (Å²) in [5.41, 5.74) is -0.140. The highest BCUT2D eigenvalue weighted by Gasteiger charge is 2.19. The van der Waals surface area contributed by atoms with E-state index in [4.69, 9.17) is 5.11 Å². The number of ether oxygens (including phenoxy) is 1. The summed E-state index contributed by atoms with van der Waals surface area (Å²) < 4.78 is 4.51. The molecule has 0 aliphatic rings. The van der Waals surface area contributed by atoms with Crippen LogP contribution < -0.4 is 5.32 Å². The number of nitrogens with one attached hydrogen (secondary N) is 1. The van der Waals surface area contributed by atoms with Gasteiger partial charge in [0.15, 0.2) is 0 Å². The SMILES string of the molecule is COC(=O)c1cc(C(=O)NC(C)C)ccc1C(=O)O. The van der Waals surface area contributed by atoms with Crippen molar-refractivity contribution in [3.8, 4) is 0 Å². The largest absolute Gasteiger partial charge is 0.478 e. The molecular formula is C13H15NO5. The van der Waals surface area contributed by atoms with Gasteiger partial charge in [-0.1, -0.05) is 0 Å². The predicted molar refractivity (Wildman–Crippen MR) is 67.3 cm³/mol. The zero-order chi connectivity index (χ0) is 14.6. The van der Waals surface area contributed by atoms with Gasteiger partial charge >= 0.3 is 11.9 Å². The number of carbonyl (C=O) groups excluding carboxylic acids is 2. The number of carbonyl (C=O) groups is 3. The van der Waals surface area contributed by atoms with Crippen LogP contribution in [0.3, 0.4) is 0 Å². The first-order valence-corrected chi connectivity index (χ1v) is 5.63. The number of methoxy groups -OCH3 is 1. The monoisotopic (exact) mass is 265 g/mol. The first-order chi connectivity index (χ1) is 8.86. The van der Waals surface area contributed by atoms with Gasteiger partial charge in [-0.25, -0.2) is 9.59 Å². The lowest BCUT2D eigenvalue weighted by molar-refractivity contribution is 0.0582. The summed E-state index contributed by atoms with van der Waals surface area (Å²) in [5.74, 6) is -2.43. The van der Waals surface area contributed by atoms with Gasteiger partial charge < -0.3 is 15.2 Å². The molecule has 0 saturated carbocycles. The lowest BCUT2D eigenvalue weighted by atomic mass is 10.0. The van der Waals surface area contributed by atoms with E-state index >= 15 is 0 Å². The van der Waals surface area contributed by atoms with Gasteiger partial charge in [-0.3, -0.25) is 4.79 Å². The molecule has 0 fully saturated rings. The van der Waals surface area contributed by atoms with Crippen LogP contribution in [0, 0.1) is 0 Å². The Hall–Kier alpha value is -2.37. The maximum atomic E-state index is 11.8. The van der Waals surface area contributed by atoms with E-state index in [2.05, 4.69) is 10.1 Å². The Morgan fingerprint density at radius 3 is 2.32 bits per heavy atom. The molecule has 0 aromatic heterocycles. The van der Waals surface area contributed by atoms with E-state index in [1.54, 1.807) is 13.8 Å². The Morgan fingerprint density at radius 1 is 1.21 bits per heavy atom. The van der Waals surface area contributed by atoms with Gasteiger partial charge in [0.2, 0.25) is 0 Å². The minimum absolute atomic E-state index is 0.0618. The van der Waals surface area contributed by atoms with Gasteiger partial charge in [0, 0.05) is 11.6 Å². The number of rotatable bonds is 4. The van der Waals surface area contributed by atoms with Crippen LogP contribution in [-0.2, 0) is 4.74 Å². The fourth-order valence-corrected chi connectivity index (χ4v) is 1.50. The number of amides is 1. The van der Waals surface area contributed by atoms with E-state index in [1.807, 2.05) is 0 Å². The van der Waals surface area contributed by atoms with Crippen LogP contribution in [0.25, 0.3) is 0 Å². The van der Waals surface area contributed by atoms with Crippen molar-refractivity contribution in [2.24, 2.45) is 0 Å². The Morgan fingerprint density at radius 2 is 1.84 bits per heavy atom. The highest BCUT2D eigenvalue weighted by Crippen LogP contribution is 2.14. The van der Waals surface area contributed by atoms with Gasteiger partial charge in [0.25, 0.3) is 5.91 Å². The van der Waals surface area contributed by atoms with Crippen LogP contribution in [0.15, 0.2) is 18.2 Å². The third-order valence-electron chi connectivity index (χ3n) is 2.34. The molecule has 1 rings (SSSR count). The second-order valence-corrected chi connectivity index (χ2v) is 4.19. The van der Waals surface area contributed by atoms with Crippen LogP contribution in [0.5, 0.6) is 0 Å². The lowest BCUT2D eigenvalue weighted by Gasteiger charge is -2.10. The molecule has 1 aromatic carbocycles. The Labute approximate surface area is 110 Å². The molecule has 0 bridgehead atoms. The van der Waals surface area contributed by atoms with Crippen molar-refractivity contribution in [2.75, 3.05) is 7.11 Å². The molecule has 1 amide bonds. The first-order valence-electron chi connectivity index (χ1n) is 5.63. The molecule has 0 heterocycles. The average molecular weight is 265 g/mol. The van der Waals surface area contributed by atoms with Gasteiger partial charge in [-0.05, 0) is 32.0 Å². The number of benzene rings is 1. The van der Waals surface area contributed by atoms with E-state index in [9.17, 15) is 14.4 Å². The third-order valence-corrected chi connectivity index (χ3v) is 2.34. The van der Waals surface area contributed by atoms with Crippen LogP contribution in [0.1, 0.15) is 44.9 Å². The number of hydrogen-bond donors (Lipinski definition) is 2. The molecule has 0 saturated heterocycles. The summed E-state index contributed by atoms with van der Waals surface area (Å²) in [6.45, 7) is 3.59. The number of carboxylic acids is 1. The van der Waals surface area contributed by atoms with Crippen molar-refractivity contribution in [3.05, 3.63) is 34.9 Å². The molecule has 19 heavy (non-hydrogen) atoms.